The highest BCUT2D eigenvalue weighted by atomic mass is 35.5. The van der Waals surface area contributed by atoms with Crippen LogP contribution in [0, 0.1) is 0 Å². The van der Waals surface area contributed by atoms with Crippen molar-refractivity contribution in [2.24, 2.45) is 0 Å². The van der Waals surface area contributed by atoms with Gasteiger partial charge >= 0.3 is 0 Å². The van der Waals surface area contributed by atoms with E-state index in [4.69, 9.17) is 21.1 Å². The molecule has 0 aromatic heterocycles. The molecule has 0 saturated heterocycles. The molecule has 7 heteroatoms. The van der Waals surface area contributed by atoms with E-state index in [0.29, 0.717) is 27.9 Å². The fraction of sp³-hybridized carbons (Fsp3) is 0.263. The van der Waals surface area contributed by atoms with Gasteiger partial charge in [0, 0.05) is 5.02 Å². The van der Waals surface area contributed by atoms with Crippen molar-refractivity contribution in [3.63, 3.8) is 0 Å². The minimum Gasteiger partial charge on any atom is -0.495 e. The molecule has 136 valence electrons. The summed E-state index contributed by atoms with van der Waals surface area (Å²) in [6, 6.07) is 11.3. The summed E-state index contributed by atoms with van der Waals surface area (Å²) in [5.74, 6) is 0.420. The third-order valence-corrected chi connectivity index (χ3v) is 4.43. The normalized spacial score (nSPS) is 17.2. The zero-order valence-corrected chi connectivity index (χ0v) is 15.4. The minimum absolute atomic E-state index is 0.274. The Bertz CT molecular complexity index is 855. The van der Waals surface area contributed by atoms with Gasteiger partial charge in [-0.3, -0.25) is 14.5 Å². The van der Waals surface area contributed by atoms with Gasteiger partial charge in [-0.05, 0) is 44.2 Å². The second kappa shape index (κ2) is 7.25. The molecule has 2 unspecified atom stereocenters. The number of benzene rings is 2. The van der Waals surface area contributed by atoms with Gasteiger partial charge < -0.3 is 14.8 Å². The van der Waals surface area contributed by atoms with E-state index in [-0.39, 0.29) is 11.8 Å². The number of carbonyl (C=O) groups is 2. The number of ether oxygens (including phenoxy) is 2. The van der Waals surface area contributed by atoms with E-state index in [0.717, 1.165) is 0 Å². The summed E-state index contributed by atoms with van der Waals surface area (Å²) in [6.07, 6.45) is -0.666. The summed E-state index contributed by atoms with van der Waals surface area (Å²) in [6.45, 7) is 3.33. The lowest BCUT2D eigenvalue weighted by Crippen LogP contribution is -2.52. The minimum atomic E-state index is -0.751. The Kier molecular flexibility index (Phi) is 5.04. The Balaban J connectivity index is 1.89. The van der Waals surface area contributed by atoms with Crippen LogP contribution in [0.15, 0.2) is 42.5 Å². The number of fused-ring (bicyclic) bond motifs is 1. The maximum atomic E-state index is 12.8. The van der Waals surface area contributed by atoms with Crippen LogP contribution >= 0.6 is 11.6 Å². The summed E-state index contributed by atoms with van der Waals surface area (Å²) in [5.41, 5.74) is 1.01. The first-order chi connectivity index (χ1) is 12.4. The Hall–Kier alpha value is -2.73. The molecule has 1 heterocycles. The molecule has 2 aromatic rings. The molecule has 2 aromatic carbocycles. The fourth-order valence-corrected chi connectivity index (χ4v) is 3.02. The van der Waals surface area contributed by atoms with Gasteiger partial charge in [-0.25, -0.2) is 0 Å². The van der Waals surface area contributed by atoms with Crippen molar-refractivity contribution in [3.8, 4) is 11.5 Å². The number of carbonyl (C=O) groups excluding carboxylic acids is 2. The third kappa shape index (κ3) is 3.32. The number of methoxy groups -OCH3 is 1. The Morgan fingerprint density at radius 3 is 2.77 bits per heavy atom. The third-order valence-electron chi connectivity index (χ3n) is 4.20. The lowest BCUT2D eigenvalue weighted by atomic mass is 10.1. The van der Waals surface area contributed by atoms with Crippen LogP contribution in [0.2, 0.25) is 5.02 Å². The molecule has 3 rings (SSSR count). The molecular weight excluding hydrogens is 356 g/mol. The second-order valence-electron chi connectivity index (χ2n) is 5.95. The maximum absolute atomic E-state index is 12.8. The van der Waals surface area contributed by atoms with Gasteiger partial charge in [0.05, 0.1) is 18.5 Å². The molecule has 0 saturated carbocycles. The molecule has 2 atom stereocenters. The SMILES string of the molecule is COc1ccc(Cl)cc1NC(=O)C(C)N1C(=O)C(C)Oc2ccccc21. The van der Waals surface area contributed by atoms with Crippen LogP contribution in [0.4, 0.5) is 11.4 Å². The van der Waals surface area contributed by atoms with Gasteiger partial charge in [-0.2, -0.15) is 0 Å². The monoisotopic (exact) mass is 374 g/mol. The number of rotatable bonds is 4. The first-order valence-corrected chi connectivity index (χ1v) is 8.53. The molecule has 0 fully saturated rings. The smallest absolute Gasteiger partial charge is 0.268 e. The maximum Gasteiger partial charge on any atom is 0.268 e. The van der Waals surface area contributed by atoms with Crippen LogP contribution in [-0.4, -0.2) is 31.1 Å². The predicted molar refractivity (Wildman–Crippen MR) is 100 cm³/mol. The van der Waals surface area contributed by atoms with E-state index < -0.39 is 12.1 Å². The molecular formula is C19H19ClN2O4. The molecule has 2 amide bonds. The van der Waals surface area contributed by atoms with Crippen LogP contribution in [0.1, 0.15) is 13.8 Å². The van der Waals surface area contributed by atoms with Crippen LogP contribution in [0.3, 0.4) is 0 Å². The van der Waals surface area contributed by atoms with E-state index in [9.17, 15) is 9.59 Å². The quantitative estimate of drug-likeness (QED) is 0.889. The number of amides is 2. The van der Waals surface area contributed by atoms with Gasteiger partial charge in [0.25, 0.3) is 5.91 Å². The molecule has 1 aliphatic rings. The summed E-state index contributed by atoms with van der Waals surface area (Å²) in [5, 5.41) is 3.25. The molecule has 0 aliphatic carbocycles. The van der Waals surface area contributed by atoms with E-state index >= 15 is 0 Å². The van der Waals surface area contributed by atoms with Crippen LogP contribution in [-0.2, 0) is 9.59 Å². The zero-order valence-electron chi connectivity index (χ0n) is 14.7. The van der Waals surface area contributed by atoms with Crippen molar-refractivity contribution in [3.05, 3.63) is 47.5 Å². The zero-order chi connectivity index (χ0) is 18.8. The summed E-state index contributed by atoms with van der Waals surface area (Å²) in [7, 11) is 1.51. The van der Waals surface area contributed by atoms with Crippen LogP contribution < -0.4 is 19.7 Å². The molecule has 26 heavy (non-hydrogen) atoms. The number of nitrogens with zero attached hydrogens (tertiary/aromatic N) is 1. The van der Waals surface area contributed by atoms with Crippen LogP contribution in [0.5, 0.6) is 11.5 Å². The summed E-state index contributed by atoms with van der Waals surface area (Å²) < 4.78 is 10.9. The fourth-order valence-electron chi connectivity index (χ4n) is 2.84. The average molecular weight is 375 g/mol. The predicted octanol–water partition coefficient (Wildman–Crippen LogP) is 3.49. The van der Waals surface area contributed by atoms with E-state index in [1.165, 1.54) is 12.0 Å². The lowest BCUT2D eigenvalue weighted by Gasteiger charge is -2.36. The number of hydrogen-bond acceptors (Lipinski definition) is 4. The number of nitrogens with one attached hydrogen (secondary N) is 1. The van der Waals surface area contributed by atoms with Crippen molar-refractivity contribution >= 4 is 34.8 Å². The summed E-state index contributed by atoms with van der Waals surface area (Å²) >= 11 is 6.01. The molecule has 1 aliphatic heterocycles. The molecule has 6 nitrogen and oxygen atoms in total. The number of anilines is 2. The van der Waals surface area contributed by atoms with Gasteiger partial charge in [-0.1, -0.05) is 23.7 Å². The second-order valence-corrected chi connectivity index (χ2v) is 6.38. The van der Waals surface area contributed by atoms with E-state index in [2.05, 4.69) is 5.32 Å². The number of halogens is 1. The summed E-state index contributed by atoms with van der Waals surface area (Å²) in [4.78, 5) is 26.9. The Morgan fingerprint density at radius 2 is 2.04 bits per heavy atom. The van der Waals surface area contributed by atoms with E-state index in [1.807, 2.05) is 6.07 Å². The molecule has 0 bridgehead atoms. The van der Waals surface area contributed by atoms with Crippen LogP contribution in [0.25, 0.3) is 0 Å². The van der Waals surface area contributed by atoms with Gasteiger partial charge in [0.2, 0.25) is 5.91 Å². The van der Waals surface area contributed by atoms with Crippen molar-refractivity contribution < 1.29 is 19.1 Å². The van der Waals surface area contributed by atoms with Gasteiger partial charge in [-0.15, -0.1) is 0 Å². The standard InChI is InChI=1S/C19H19ClN2O4/c1-11(18(23)21-14-10-13(20)8-9-16(14)25-3)22-15-6-4-5-7-17(15)26-12(2)19(22)24/h4-12H,1-3H3,(H,21,23). The largest absolute Gasteiger partial charge is 0.495 e. The first kappa shape index (κ1) is 18.1. The molecule has 0 spiro atoms. The highest BCUT2D eigenvalue weighted by Gasteiger charge is 2.37. The topological polar surface area (TPSA) is 67.9 Å². The Labute approximate surface area is 156 Å². The number of para-hydroxylation sites is 2. The first-order valence-electron chi connectivity index (χ1n) is 8.15. The average Bonchev–Trinajstić information content (AvgIpc) is 2.62. The molecule has 1 N–H and O–H groups in total. The number of hydrogen-bond donors (Lipinski definition) is 1. The van der Waals surface area contributed by atoms with Gasteiger partial charge in [0.1, 0.15) is 17.5 Å². The van der Waals surface area contributed by atoms with Crippen molar-refractivity contribution in [2.45, 2.75) is 26.0 Å². The van der Waals surface area contributed by atoms with Crippen molar-refractivity contribution in [2.75, 3.05) is 17.3 Å². The lowest BCUT2D eigenvalue weighted by molar-refractivity contribution is -0.128. The van der Waals surface area contributed by atoms with Gasteiger partial charge in [0.15, 0.2) is 6.10 Å². The van der Waals surface area contributed by atoms with E-state index in [1.54, 1.807) is 50.2 Å². The Morgan fingerprint density at radius 1 is 1.31 bits per heavy atom. The highest BCUT2D eigenvalue weighted by molar-refractivity contribution is 6.31. The molecule has 0 radical (unpaired) electrons. The van der Waals surface area contributed by atoms with Crippen molar-refractivity contribution in [1.82, 2.24) is 0 Å². The highest BCUT2D eigenvalue weighted by Crippen LogP contribution is 2.35. The van der Waals surface area contributed by atoms with Crippen molar-refractivity contribution in [1.29, 1.82) is 0 Å².